The fraction of sp³-hybridized carbons (Fsp3) is 0. The molecule has 0 aliphatic carbocycles. The predicted octanol–water partition coefficient (Wildman–Crippen LogP) is 5.61. The van der Waals surface area contributed by atoms with Crippen molar-refractivity contribution in [3.63, 3.8) is 0 Å². The quantitative estimate of drug-likeness (QED) is 0.107. The molecule has 0 saturated carbocycles. The molecule has 0 atom stereocenters. The van der Waals surface area contributed by atoms with Gasteiger partial charge in [0.15, 0.2) is 0 Å². The molecule has 0 fully saturated rings. The Kier molecular flexibility index (Phi) is 11.4. The molecule has 0 saturated heterocycles. The summed E-state index contributed by atoms with van der Waals surface area (Å²) >= 11 is -9.80. The van der Waals surface area contributed by atoms with Gasteiger partial charge in [-0.3, -0.25) is 0 Å². The van der Waals surface area contributed by atoms with Gasteiger partial charge in [0.2, 0.25) is 0 Å². The summed E-state index contributed by atoms with van der Waals surface area (Å²) in [6.45, 7) is 0. The maximum atomic E-state index is 18.1. The molecule has 0 amide bonds. The van der Waals surface area contributed by atoms with E-state index in [-0.39, 0.29) is 0 Å². The molecule has 64 heavy (non-hydrogen) atoms. The Labute approximate surface area is 376 Å². The van der Waals surface area contributed by atoms with Gasteiger partial charge >= 0.3 is 379 Å². The van der Waals surface area contributed by atoms with E-state index in [0.717, 1.165) is 0 Å². The molecule has 0 heterocycles. The first-order valence-corrected chi connectivity index (χ1v) is 30.4. The number of rotatable bonds is 15. The zero-order valence-corrected chi connectivity index (χ0v) is 39.3. The summed E-state index contributed by atoms with van der Waals surface area (Å²) in [5, 5.41) is 4.91. The number of hydrogen-bond acceptors (Lipinski definition) is 5. The van der Waals surface area contributed by atoms with Gasteiger partial charge in [0, 0.05) is 0 Å². The summed E-state index contributed by atoms with van der Waals surface area (Å²) in [5.41, 5.74) is 0. The first kappa shape index (κ1) is 42.9. The average molecular weight is 926 g/mol. The van der Waals surface area contributed by atoms with Gasteiger partial charge in [-0.1, -0.05) is 0 Å². The third kappa shape index (κ3) is 8.06. The van der Waals surface area contributed by atoms with Gasteiger partial charge < -0.3 is 0 Å². The van der Waals surface area contributed by atoms with E-state index in [4.69, 9.17) is 10.1 Å². The third-order valence-corrected chi connectivity index (χ3v) is 33.1. The molecule has 1 N–H and O–H groups in total. The summed E-state index contributed by atoms with van der Waals surface area (Å²) in [5.74, 6) is 0. The topological polar surface area (TPSA) is 82.1 Å². The molecular weight excluding hydrogens is 880 g/mol. The van der Waals surface area contributed by atoms with Crippen LogP contribution in [0.2, 0.25) is 0 Å². The maximum absolute atomic E-state index is 18.1. The van der Waals surface area contributed by atoms with Crippen LogP contribution in [-0.4, -0.2) is 29.0 Å². The van der Waals surface area contributed by atoms with E-state index >= 15 is 7.35 Å². The second-order valence-electron chi connectivity index (χ2n) is 15.8. The van der Waals surface area contributed by atoms with Crippen molar-refractivity contribution in [3.05, 3.63) is 273 Å². The van der Waals surface area contributed by atoms with Gasteiger partial charge in [0.05, 0.1) is 0 Å². The Morgan fingerprint density at radius 1 is 0.234 bits per heavy atom. The third-order valence-electron chi connectivity index (χ3n) is 11.6. The van der Waals surface area contributed by atoms with Crippen LogP contribution in [0, 0.1) is 0 Å². The molecular formula is C54H46O6Si3V. The summed E-state index contributed by atoms with van der Waals surface area (Å²) in [6.07, 6.45) is 0. The molecule has 10 heteroatoms. The number of hydrogen-bond donors (Lipinski definition) is 1. The molecule has 0 radical (unpaired) electrons. The Hall–Kier alpha value is -6.34. The van der Waals surface area contributed by atoms with Crippen LogP contribution in [0.5, 0.6) is 0 Å². The van der Waals surface area contributed by atoms with Crippen molar-refractivity contribution in [2.24, 2.45) is 0 Å². The fourth-order valence-electron chi connectivity index (χ4n) is 8.94. The molecule has 0 aliphatic rings. The SMILES string of the molecule is [O]=[V](=[O])([OH])([O][Si](c1ccccc1)(c1ccccc1)c1ccccc1)([O][Si](c1ccccc1)(c1ccccc1)c1ccccc1)[O][Si](c1ccccc1)(c1ccccc1)c1ccccc1. The molecule has 6 nitrogen and oxygen atoms in total. The summed E-state index contributed by atoms with van der Waals surface area (Å²) in [7, 11) is -13.5. The summed E-state index contributed by atoms with van der Waals surface area (Å²) < 4.78 is 72.9. The van der Waals surface area contributed by atoms with E-state index in [9.17, 15) is 4.03 Å². The van der Waals surface area contributed by atoms with Crippen molar-refractivity contribution < 1.29 is 34.5 Å². The Balaban J connectivity index is 1.49. The number of benzene rings is 9. The van der Waals surface area contributed by atoms with Gasteiger partial charge in [-0.25, -0.2) is 0 Å². The minimum atomic E-state index is -9.80. The van der Waals surface area contributed by atoms with E-state index in [1.165, 1.54) is 0 Å². The standard InChI is InChI=1S/3C18H15OSi.H2O.2O.V/c3*19-20(16-10-4-1-5-11-16,17-12-6-2-7-13-17)18-14-8-3-9-15-18;;;;/h3*1-15H;1H2;;;/q3*-1;;;;+4/p-1. The fourth-order valence-corrected chi connectivity index (χ4v) is 35.0. The average Bonchev–Trinajstić information content (AvgIpc) is 3.37. The van der Waals surface area contributed by atoms with E-state index in [0.29, 0.717) is 46.7 Å². The Bertz CT molecular complexity index is 2510. The minimum absolute atomic E-state index is 0.545. The molecule has 0 aromatic heterocycles. The molecule has 9 rings (SSSR count). The van der Waals surface area contributed by atoms with Gasteiger partial charge in [-0.05, 0) is 0 Å². The van der Waals surface area contributed by atoms with Crippen molar-refractivity contribution in [2.75, 3.05) is 0 Å². The van der Waals surface area contributed by atoms with E-state index < -0.39 is 38.0 Å². The van der Waals surface area contributed by atoms with E-state index in [1.807, 2.05) is 273 Å². The van der Waals surface area contributed by atoms with E-state index in [2.05, 4.69) is 0 Å². The van der Waals surface area contributed by atoms with Crippen molar-refractivity contribution in [1.82, 2.24) is 0 Å². The van der Waals surface area contributed by atoms with Crippen LogP contribution in [0.4, 0.5) is 0 Å². The van der Waals surface area contributed by atoms with E-state index in [1.54, 1.807) is 0 Å². The molecule has 0 aliphatic heterocycles. The molecule has 9 aromatic rings. The van der Waals surface area contributed by atoms with Crippen LogP contribution in [0.15, 0.2) is 273 Å². The first-order valence-electron chi connectivity index (χ1n) is 21.2. The molecule has 315 valence electrons. The van der Waals surface area contributed by atoms with Crippen LogP contribution in [0.3, 0.4) is 0 Å². The van der Waals surface area contributed by atoms with Gasteiger partial charge in [0.25, 0.3) is 0 Å². The van der Waals surface area contributed by atoms with Crippen molar-refractivity contribution in [1.29, 1.82) is 0 Å². The molecule has 0 bridgehead atoms. The van der Waals surface area contributed by atoms with Crippen molar-refractivity contribution in [3.8, 4) is 0 Å². The monoisotopic (exact) mass is 925 g/mol. The molecule has 0 unspecified atom stereocenters. The van der Waals surface area contributed by atoms with Crippen LogP contribution in [0.25, 0.3) is 0 Å². The second-order valence-corrected chi connectivity index (χ2v) is 31.8. The zero-order valence-electron chi connectivity index (χ0n) is 34.9. The first-order chi connectivity index (χ1) is 31.1. The van der Waals surface area contributed by atoms with Gasteiger partial charge in [-0.15, -0.1) is 0 Å². The zero-order chi connectivity index (χ0) is 44.0. The van der Waals surface area contributed by atoms with Crippen molar-refractivity contribution >= 4 is 71.6 Å². The van der Waals surface area contributed by atoms with Crippen LogP contribution >= 0.6 is 0 Å². The molecule has 0 spiro atoms. The Morgan fingerprint density at radius 2 is 0.344 bits per heavy atom. The van der Waals surface area contributed by atoms with Crippen LogP contribution < -0.4 is 46.7 Å². The summed E-state index contributed by atoms with van der Waals surface area (Å²) in [4.78, 5) is 0. The van der Waals surface area contributed by atoms with Gasteiger partial charge in [0.1, 0.15) is 0 Å². The van der Waals surface area contributed by atoms with Crippen molar-refractivity contribution in [2.45, 2.75) is 0 Å². The second kappa shape index (κ2) is 17.0. The Morgan fingerprint density at radius 3 is 0.453 bits per heavy atom. The summed E-state index contributed by atoms with van der Waals surface area (Å²) in [6, 6.07) is 83.5. The molecule has 9 aromatic carbocycles. The predicted molar refractivity (Wildman–Crippen MR) is 259 cm³/mol. The van der Waals surface area contributed by atoms with Gasteiger partial charge in [-0.2, -0.15) is 0 Å². The van der Waals surface area contributed by atoms with Crippen LogP contribution in [0.1, 0.15) is 0 Å². The normalized spacial score (nSPS) is 13.3. The van der Waals surface area contributed by atoms with Crippen LogP contribution in [-0.2, 0) is 30.5 Å².